The molecule has 4 heteroatoms. The molecule has 1 aromatic carbocycles. The van der Waals surface area contributed by atoms with Crippen LogP contribution in [0.15, 0.2) is 18.2 Å². The number of nitrogens with two attached hydrogens (primary N) is 1. The van der Waals surface area contributed by atoms with Crippen LogP contribution in [0.5, 0.6) is 0 Å². The van der Waals surface area contributed by atoms with Gasteiger partial charge in [-0.05, 0) is 25.1 Å². The summed E-state index contributed by atoms with van der Waals surface area (Å²) in [7, 11) is 0. The smallest absolute Gasteiger partial charge is 0.148 e. The van der Waals surface area contributed by atoms with Crippen LogP contribution in [0.4, 0.5) is 15.8 Å². The van der Waals surface area contributed by atoms with E-state index in [1.807, 2.05) is 0 Å². The first-order valence-electron chi connectivity index (χ1n) is 6.23. The van der Waals surface area contributed by atoms with Gasteiger partial charge in [-0.1, -0.05) is 13.0 Å². The maximum Gasteiger partial charge on any atom is 0.148 e. The van der Waals surface area contributed by atoms with Gasteiger partial charge in [0.25, 0.3) is 0 Å². The first-order valence-corrected chi connectivity index (χ1v) is 6.23. The number of nitrogens with zero attached hydrogens (tertiary/aromatic N) is 2. The maximum atomic E-state index is 13.7. The molecule has 94 valence electrons. The highest BCUT2D eigenvalue weighted by atomic mass is 19.1. The molecule has 2 N–H and O–H groups in total. The van der Waals surface area contributed by atoms with Crippen LogP contribution in [0, 0.1) is 5.82 Å². The minimum atomic E-state index is -0.214. The number of benzene rings is 1. The van der Waals surface area contributed by atoms with Crippen molar-refractivity contribution in [3.8, 4) is 0 Å². The van der Waals surface area contributed by atoms with Gasteiger partial charge in [-0.3, -0.25) is 4.90 Å². The molecular weight excluding hydrogens is 217 g/mol. The second kappa shape index (κ2) is 5.36. The molecule has 0 saturated carbocycles. The van der Waals surface area contributed by atoms with Gasteiger partial charge in [-0.15, -0.1) is 0 Å². The van der Waals surface area contributed by atoms with Gasteiger partial charge in [0.2, 0.25) is 0 Å². The lowest BCUT2D eigenvalue weighted by Crippen LogP contribution is -2.47. The second-order valence-electron chi connectivity index (χ2n) is 4.51. The normalized spacial score (nSPS) is 17.4. The number of hydrogen-bond acceptors (Lipinski definition) is 3. The number of piperazine rings is 1. The van der Waals surface area contributed by atoms with Crippen LogP contribution in [0.1, 0.15) is 13.3 Å². The van der Waals surface area contributed by atoms with Crippen molar-refractivity contribution in [1.82, 2.24) is 4.90 Å². The molecular formula is C13H20FN3. The highest BCUT2D eigenvalue weighted by Crippen LogP contribution is 2.27. The Bertz CT molecular complexity index is 353. The standard InChI is InChI=1S/C13H20FN3/c1-2-6-16-7-9-17(10-8-16)13-11(14)4-3-5-12(13)15/h3-5H,2,6-10,15H2,1H3. The van der Waals surface area contributed by atoms with E-state index >= 15 is 0 Å². The monoisotopic (exact) mass is 237 g/mol. The van der Waals surface area contributed by atoms with Crippen LogP contribution in [-0.2, 0) is 0 Å². The lowest BCUT2D eigenvalue weighted by atomic mass is 10.2. The van der Waals surface area contributed by atoms with E-state index in [1.165, 1.54) is 12.5 Å². The summed E-state index contributed by atoms with van der Waals surface area (Å²) in [5.41, 5.74) is 6.96. The summed E-state index contributed by atoms with van der Waals surface area (Å²) in [6.45, 7) is 6.99. The number of rotatable bonds is 3. The van der Waals surface area contributed by atoms with Crippen LogP contribution in [0.2, 0.25) is 0 Å². The fourth-order valence-corrected chi connectivity index (χ4v) is 2.38. The van der Waals surface area contributed by atoms with E-state index in [0.29, 0.717) is 11.4 Å². The zero-order valence-corrected chi connectivity index (χ0v) is 10.3. The summed E-state index contributed by atoms with van der Waals surface area (Å²) < 4.78 is 13.7. The van der Waals surface area contributed by atoms with Gasteiger partial charge in [0.1, 0.15) is 5.82 Å². The minimum absolute atomic E-state index is 0.214. The van der Waals surface area contributed by atoms with Crippen molar-refractivity contribution in [3.05, 3.63) is 24.0 Å². The largest absolute Gasteiger partial charge is 0.397 e. The van der Waals surface area contributed by atoms with E-state index in [1.54, 1.807) is 12.1 Å². The summed E-state index contributed by atoms with van der Waals surface area (Å²) in [5, 5.41) is 0. The molecule has 1 saturated heterocycles. The number of halogens is 1. The molecule has 1 aliphatic heterocycles. The maximum absolute atomic E-state index is 13.7. The molecule has 1 aliphatic rings. The fourth-order valence-electron chi connectivity index (χ4n) is 2.38. The van der Waals surface area contributed by atoms with Gasteiger partial charge >= 0.3 is 0 Å². The Morgan fingerprint density at radius 3 is 2.53 bits per heavy atom. The third-order valence-corrected chi connectivity index (χ3v) is 3.25. The predicted molar refractivity (Wildman–Crippen MR) is 69.8 cm³/mol. The Kier molecular flexibility index (Phi) is 3.84. The molecule has 0 radical (unpaired) electrons. The lowest BCUT2D eigenvalue weighted by molar-refractivity contribution is 0.258. The Morgan fingerprint density at radius 2 is 1.94 bits per heavy atom. The fraction of sp³-hybridized carbons (Fsp3) is 0.538. The second-order valence-corrected chi connectivity index (χ2v) is 4.51. The van der Waals surface area contributed by atoms with E-state index in [-0.39, 0.29) is 5.82 Å². The molecule has 1 aromatic rings. The number of anilines is 2. The van der Waals surface area contributed by atoms with E-state index in [2.05, 4.69) is 16.7 Å². The van der Waals surface area contributed by atoms with Crippen molar-refractivity contribution in [3.63, 3.8) is 0 Å². The molecule has 3 nitrogen and oxygen atoms in total. The molecule has 0 spiro atoms. The first-order chi connectivity index (χ1) is 8.22. The van der Waals surface area contributed by atoms with E-state index < -0.39 is 0 Å². The van der Waals surface area contributed by atoms with Crippen molar-refractivity contribution in [1.29, 1.82) is 0 Å². The average molecular weight is 237 g/mol. The van der Waals surface area contributed by atoms with Crippen molar-refractivity contribution >= 4 is 11.4 Å². The van der Waals surface area contributed by atoms with Crippen molar-refractivity contribution in [2.24, 2.45) is 0 Å². The van der Waals surface area contributed by atoms with Crippen molar-refractivity contribution in [2.45, 2.75) is 13.3 Å². The van der Waals surface area contributed by atoms with Gasteiger partial charge in [-0.2, -0.15) is 0 Å². The molecule has 1 heterocycles. The van der Waals surface area contributed by atoms with Gasteiger partial charge in [0, 0.05) is 26.2 Å². The Hall–Kier alpha value is -1.29. The summed E-state index contributed by atoms with van der Waals surface area (Å²) in [5.74, 6) is -0.214. The predicted octanol–water partition coefficient (Wildman–Crippen LogP) is 1.94. The van der Waals surface area contributed by atoms with Gasteiger partial charge in [0.05, 0.1) is 11.4 Å². The number of nitrogen functional groups attached to an aromatic ring is 1. The Balaban J connectivity index is 2.05. The Labute approximate surface area is 102 Å². The summed E-state index contributed by atoms with van der Waals surface area (Å²) in [6.07, 6.45) is 1.17. The van der Waals surface area contributed by atoms with Gasteiger partial charge in [0.15, 0.2) is 0 Å². The SMILES string of the molecule is CCCN1CCN(c2c(N)cccc2F)CC1. The molecule has 0 aromatic heterocycles. The zero-order chi connectivity index (χ0) is 12.3. The van der Waals surface area contributed by atoms with Crippen LogP contribution in [0.3, 0.4) is 0 Å². The first kappa shape index (κ1) is 12.2. The topological polar surface area (TPSA) is 32.5 Å². The average Bonchev–Trinajstić information content (AvgIpc) is 2.31. The van der Waals surface area contributed by atoms with Crippen LogP contribution >= 0.6 is 0 Å². The third kappa shape index (κ3) is 2.69. The minimum Gasteiger partial charge on any atom is -0.397 e. The van der Waals surface area contributed by atoms with Crippen LogP contribution in [-0.4, -0.2) is 37.6 Å². The van der Waals surface area contributed by atoms with Crippen LogP contribution < -0.4 is 10.6 Å². The highest BCUT2D eigenvalue weighted by molar-refractivity contribution is 5.68. The molecule has 0 atom stereocenters. The molecule has 1 fully saturated rings. The van der Waals surface area contributed by atoms with Crippen LogP contribution in [0.25, 0.3) is 0 Å². The molecule has 0 aliphatic carbocycles. The Morgan fingerprint density at radius 1 is 1.24 bits per heavy atom. The molecule has 0 bridgehead atoms. The molecule has 0 amide bonds. The van der Waals surface area contributed by atoms with Crippen molar-refractivity contribution in [2.75, 3.05) is 43.4 Å². The van der Waals surface area contributed by atoms with Gasteiger partial charge in [-0.25, -0.2) is 4.39 Å². The third-order valence-electron chi connectivity index (χ3n) is 3.25. The molecule has 2 rings (SSSR count). The highest BCUT2D eigenvalue weighted by Gasteiger charge is 2.20. The lowest BCUT2D eigenvalue weighted by Gasteiger charge is -2.36. The van der Waals surface area contributed by atoms with E-state index in [4.69, 9.17) is 5.73 Å². The number of para-hydroxylation sites is 1. The van der Waals surface area contributed by atoms with Gasteiger partial charge < -0.3 is 10.6 Å². The van der Waals surface area contributed by atoms with E-state index in [0.717, 1.165) is 32.7 Å². The quantitative estimate of drug-likeness (QED) is 0.815. The summed E-state index contributed by atoms with van der Waals surface area (Å²) >= 11 is 0. The summed E-state index contributed by atoms with van der Waals surface area (Å²) in [4.78, 5) is 4.46. The van der Waals surface area contributed by atoms with Crippen molar-refractivity contribution < 1.29 is 4.39 Å². The molecule has 17 heavy (non-hydrogen) atoms. The summed E-state index contributed by atoms with van der Waals surface area (Å²) in [6, 6.07) is 4.89. The van der Waals surface area contributed by atoms with E-state index in [9.17, 15) is 4.39 Å². The number of hydrogen-bond donors (Lipinski definition) is 1. The zero-order valence-electron chi connectivity index (χ0n) is 10.3. The molecule has 0 unspecified atom stereocenters.